The van der Waals surface area contributed by atoms with E-state index in [9.17, 15) is 9.18 Å². The number of carbonyl (C=O) groups excluding carboxylic acids is 1. The number of ether oxygens (including phenoxy) is 1. The van der Waals surface area contributed by atoms with Crippen LogP contribution in [0.4, 0.5) is 4.39 Å². The summed E-state index contributed by atoms with van der Waals surface area (Å²) in [4.78, 5) is 24.9. The third-order valence-corrected chi connectivity index (χ3v) is 5.76. The SMILES string of the molecule is Cc1c(C=O)ccc(OCCC(C)N2CCN(C3=NC(C(C)C)=NC3)CC2)c1F. The van der Waals surface area contributed by atoms with Gasteiger partial charge in [-0.25, -0.2) is 9.38 Å². The number of piperazine rings is 1. The molecule has 2 aliphatic heterocycles. The van der Waals surface area contributed by atoms with Crippen molar-refractivity contribution in [2.24, 2.45) is 15.9 Å². The molecule has 0 amide bonds. The second-order valence-electron chi connectivity index (χ2n) is 8.08. The highest BCUT2D eigenvalue weighted by Crippen LogP contribution is 2.23. The Morgan fingerprint density at radius 1 is 1.21 bits per heavy atom. The maximum Gasteiger partial charge on any atom is 0.168 e. The fourth-order valence-corrected chi connectivity index (χ4v) is 3.69. The summed E-state index contributed by atoms with van der Waals surface area (Å²) in [5.74, 6) is 2.18. The summed E-state index contributed by atoms with van der Waals surface area (Å²) in [7, 11) is 0. The van der Waals surface area contributed by atoms with Crippen molar-refractivity contribution < 1.29 is 13.9 Å². The van der Waals surface area contributed by atoms with E-state index in [1.165, 1.54) is 6.07 Å². The Balaban J connectivity index is 1.44. The lowest BCUT2D eigenvalue weighted by molar-refractivity contribution is 0.112. The van der Waals surface area contributed by atoms with Gasteiger partial charge in [-0.05, 0) is 38.0 Å². The van der Waals surface area contributed by atoms with E-state index in [0.717, 1.165) is 44.3 Å². The van der Waals surface area contributed by atoms with Crippen molar-refractivity contribution >= 4 is 18.0 Å². The average Bonchev–Trinajstić information content (AvgIpc) is 3.22. The lowest BCUT2D eigenvalue weighted by Crippen LogP contribution is -2.51. The van der Waals surface area contributed by atoms with Gasteiger partial charge in [0.1, 0.15) is 18.0 Å². The van der Waals surface area contributed by atoms with Crippen LogP contribution in [0.5, 0.6) is 5.75 Å². The van der Waals surface area contributed by atoms with E-state index in [-0.39, 0.29) is 5.75 Å². The number of hydrogen-bond acceptors (Lipinski definition) is 6. The Kier molecular flexibility index (Phi) is 7.00. The van der Waals surface area contributed by atoms with Gasteiger partial charge in [0, 0.05) is 43.7 Å². The van der Waals surface area contributed by atoms with E-state index in [2.05, 4.69) is 40.6 Å². The summed E-state index contributed by atoms with van der Waals surface area (Å²) in [5.41, 5.74) is 0.694. The van der Waals surface area contributed by atoms with Crippen molar-refractivity contribution in [3.05, 3.63) is 29.1 Å². The standard InChI is InChI=1S/C22H31FN4O2/c1-15(2)22-24-13-20(25-22)27-10-8-26(9-11-27)16(3)7-12-29-19-6-5-18(14-28)17(4)21(19)23/h5-6,14-16H,7-13H2,1-4H3. The van der Waals surface area contributed by atoms with Gasteiger partial charge in [-0.3, -0.25) is 14.7 Å². The Bertz CT molecular complexity index is 798. The number of benzene rings is 1. The van der Waals surface area contributed by atoms with Crippen molar-refractivity contribution in [2.45, 2.75) is 40.2 Å². The third kappa shape index (κ3) is 5.01. The first-order valence-electron chi connectivity index (χ1n) is 10.4. The van der Waals surface area contributed by atoms with Gasteiger partial charge in [-0.15, -0.1) is 0 Å². The second kappa shape index (κ2) is 9.48. The Morgan fingerprint density at radius 2 is 1.93 bits per heavy atom. The first-order chi connectivity index (χ1) is 13.9. The highest BCUT2D eigenvalue weighted by molar-refractivity contribution is 6.03. The van der Waals surface area contributed by atoms with Crippen molar-refractivity contribution in [2.75, 3.05) is 39.3 Å². The molecule has 0 saturated carbocycles. The van der Waals surface area contributed by atoms with Crippen LogP contribution in [0.25, 0.3) is 0 Å². The summed E-state index contributed by atoms with van der Waals surface area (Å²) in [6.07, 6.45) is 1.48. The smallest absolute Gasteiger partial charge is 0.168 e. The molecule has 1 aromatic rings. The zero-order valence-corrected chi connectivity index (χ0v) is 17.8. The van der Waals surface area contributed by atoms with Crippen LogP contribution < -0.4 is 4.74 Å². The molecule has 1 atom stereocenters. The fraction of sp³-hybridized carbons (Fsp3) is 0.591. The van der Waals surface area contributed by atoms with E-state index in [1.54, 1.807) is 13.0 Å². The quantitative estimate of drug-likeness (QED) is 0.658. The van der Waals surface area contributed by atoms with Crippen LogP contribution >= 0.6 is 0 Å². The number of carbonyl (C=O) groups is 1. The number of amidine groups is 2. The zero-order chi connectivity index (χ0) is 21.0. The van der Waals surface area contributed by atoms with Gasteiger partial charge in [0.2, 0.25) is 0 Å². The molecular formula is C22H31FN4O2. The fourth-order valence-electron chi connectivity index (χ4n) is 3.69. The molecule has 0 aromatic heterocycles. The summed E-state index contributed by atoms with van der Waals surface area (Å²) < 4.78 is 19.9. The molecule has 0 spiro atoms. The molecule has 158 valence electrons. The van der Waals surface area contributed by atoms with Gasteiger partial charge in [0.25, 0.3) is 0 Å². The molecule has 1 unspecified atom stereocenters. The van der Waals surface area contributed by atoms with Gasteiger partial charge < -0.3 is 9.64 Å². The first kappa shape index (κ1) is 21.4. The molecule has 0 aliphatic carbocycles. The van der Waals surface area contributed by atoms with Crippen molar-refractivity contribution in [3.63, 3.8) is 0 Å². The predicted octanol–water partition coefficient (Wildman–Crippen LogP) is 3.19. The van der Waals surface area contributed by atoms with E-state index in [1.807, 2.05) is 0 Å². The van der Waals surface area contributed by atoms with Gasteiger partial charge in [-0.2, -0.15) is 0 Å². The lowest BCUT2D eigenvalue weighted by atomic mass is 10.1. The number of aliphatic imine (C=N–C) groups is 2. The van der Waals surface area contributed by atoms with E-state index >= 15 is 0 Å². The van der Waals surface area contributed by atoms with E-state index < -0.39 is 5.82 Å². The van der Waals surface area contributed by atoms with Gasteiger partial charge in [-0.1, -0.05) is 13.8 Å². The number of rotatable bonds is 7. The lowest BCUT2D eigenvalue weighted by Gasteiger charge is -2.38. The van der Waals surface area contributed by atoms with Crippen molar-refractivity contribution in [1.82, 2.24) is 9.80 Å². The van der Waals surface area contributed by atoms with Crippen LogP contribution in [-0.4, -0.2) is 73.1 Å². The first-order valence-corrected chi connectivity index (χ1v) is 10.4. The Hall–Kier alpha value is -2.28. The van der Waals surface area contributed by atoms with Crippen LogP contribution in [0.15, 0.2) is 22.1 Å². The highest BCUT2D eigenvalue weighted by atomic mass is 19.1. The van der Waals surface area contributed by atoms with Crippen LogP contribution in [0.2, 0.25) is 0 Å². The molecule has 1 aromatic carbocycles. The maximum absolute atomic E-state index is 14.3. The van der Waals surface area contributed by atoms with Crippen LogP contribution in [0.1, 0.15) is 43.1 Å². The van der Waals surface area contributed by atoms with E-state index in [4.69, 9.17) is 4.74 Å². The molecule has 0 radical (unpaired) electrons. The minimum absolute atomic E-state index is 0.213. The normalized spacial score (nSPS) is 18.6. The van der Waals surface area contributed by atoms with Gasteiger partial charge in [0.05, 0.1) is 13.2 Å². The topological polar surface area (TPSA) is 57.5 Å². The number of hydrogen-bond donors (Lipinski definition) is 0. The monoisotopic (exact) mass is 402 g/mol. The molecule has 29 heavy (non-hydrogen) atoms. The predicted molar refractivity (Wildman–Crippen MR) is 114 cm³/mol. The molecule has 1 fully saturated rings. The molecule has 0 N–H and O–H groups in total. The number of nitrogens with zero attached hydrogens (tertiary/aromatic N) is 4. The molecule has 2 aliphatic rings. The summed E-state index contributed by atoms with van der Waals surface area (Å²) in [6, 6.07) is 3.48. The molecule has 1 saturated heterocycles. The molecule has 6 nitrogen and oxygen atoms in total. The summed E-state index contributed by atoms with van der Waals surface area (Å²) in [6.45, 7) is 13.0. The third-order valence-electron chi connectivity index (χ3n) is 5.76. The molecule has 3 rings (SSSR count). The van der Waals surface area contributed by atoms with Crippen LogP contribution in [0, 0.1) is 18.7 Å². The maximum atomic E-state index is 14.3. The molecule has 0 bridgehead atoms. The van der Waals surface area contributed by atoms with Gasteiger partial charge >= 0.3 is 0 Å². The second-order valence-corrected chi connectivity index (χ2v) is 8.08. The van der Waals surface area contributed by atoms with Crippen LogP contribution in [-0.2, 0) is 0 Å². The molecule has 7 heteroatoms. The van der Waals surface area contributed by atoms with E-state index in [0.29, 0.717) is 42.5 Å². The Morgan fingerprint density at radius 3 is 2.55 bits per heavy atom. The van der Waals surface area contributed by atoms with Gasteiger partial charge in [0.15, 0.2) is 11.6 Å². The Labute approximate surface area is 172 Å². The van der Waals surface area contributed by atoms with Crippen LogP contribution in [0.3, 0.4) is 0 Å². The average molecular weight is 403 g/mol. The number of halogens is 1. The molecular weight excluding hydrogens is 371 g/mol. The van der Waals surface area contributed by atoms with Crippen molar-refractivity contribution in [3.8, 4) is 5.75 Å². The number of aldehydes is 1. The minimum atomic E-state index is -0.448. The highest BCUT2D eigenvalue weighted by Gasteiger charge is 2.25. The summed E-state index contributed by atoms with van der Waals surface area (Å²) >= 11 is 0. The summed E-state index contributed by atoms with van der Waals surface area (Å²) in [5, 5.41) is 0. The largest absolute Gasteiger partial charge is 0.490 e. The zero-order valence-electron chi connectivity index (χ0n) is 17.8. The molecule has 2 heterocycles. The minimum Gasteiger partial charge on any atom is -0.490 e. The van der Waals surface area contributed by atoms with Crippen molar-refractivity contribution in [1.29, 1.82) is 0 Å².